The second kappa shape index (κ2) is 10.6. The minimum absolute atomic E-state index is 0.00875. The van der Waals surface area contributed by atoms with E-state index in [9.17, 15) is 14.4 Å². The van der Waals surface area contributed by atoms with Crippen LogP contribution in [0.2, 0.25) is 0 Å². The fraction of sp³-hybridized carbons (Fsp3) is 0.269. The molecule has 2 aliphatic rings. The van der Waals surface area contributed by atoms with E-state index in [4.69, 9.17) is 4.74 Å². The van der Waals surface area contributed by atoms with Gasteiger partial charge >= 0.3 is 5.97 Å². The van der Waals surface area contributed by atoms with E-state index in [1.165, 1.54) is 23.1 Å². The van der Waals surface area contributed by atoms with Crippen LogP contribution in [0.3, 0.4) is 0 Å². The molecule has 1 saturated heterocycles. The number of likely N-dealkylation sites (tertiary alicyclic amines) is 1. The van der Waals surface area contributed by atoms with E-state index in [0.717, 1.165) is 28.4 Å². The summed E-state index contributed by atoms with van der Waals surface area (Å²) < 4.78 is 5.01. The molecule has 10 heteroatoms. The van der Waals surface area contributed by atoms with Gasteiger partial charge in [0, 0.05) is 47.6 Å². The van der Waals surface area contributed by atoms with E-state index in [0.29, 0.717) is 41.4 Å². The first-order valence-corrected chi connectivity index (χ1v) is 13.4. The van der Waals surface area contributed by atoms with Gasteiger partial charge in [0.2, 0.25) is 0 Å². The maximum atomic E-state index is 13.1. The number of ether oxygens (including phenoxy) is 1. The number of amides is 2. The smallest absolute Gasteiger partial charge is 0.338 e. The molecule has 0 unspecified atom stereocenters. The number of esters is 1. The van der Waals surface area contributed by atoms with Crippen LogP contribution in [-0.2, 0) is 11.3 Å². The maximum absolute atomic E-state index is 13.1. The number of cyclic esters (lactones) is 1. The van der Waals surface area contributed by atoms with Crippen LogP contribution < -0.4 is 5.32 Å². The molecule has 5 rings (SSSR count). The Kier molecular flexibility index (Phi) is 7.15. The van der Waals surface area contributed by atoms with Crippen LogP contribution >= 0.6 is 23.1 Å². The minimum atomic E-state index is -0.378. The average Bonchev–Trinajstić information content (AvgIpc) is 3.55. The van der Waals surface area contributed by atoms with Gasteiger partial charge in [0.15, 0.2) is 0 Å². The van der Waals surface area contributed by atoms with Crippen molar-refractivity contribution in [2.45, 2.75) is 30.4 Å². The Labute approximate surface area is 216 Å². The number of rotatable bonds is 7. The molecule has 1 N–H and O–H groups in total. The number of nitrogens with one attached hydrogen (secondary N) is 1. The molecule has 3 aromatic rings. The number of benzene rings is 1. The Bertz CT molecular complexity index is 1330. The topological polar surface area (TPSA) is 101 Å². The van der Waals surface area contributed by atoms with Crippen molar-refractivity contribution >= 4 is 46.6 Å². The number of anilines is 1. The number of pyridine rings is 1. The monoisotopic (exact) mass is 520 g/mol. The van der Waals surface area contributed by atoms with E-state index < -0.39 is 0 Å². The fourth-order valence-corrected chi connectivity index (χ4v) is 5.97. The molecule has 1 fully saturated rings. The lowest BCUT2D eigenvalue weighted by atomic mass is 9.97. The lowest BCUT2D eigenvalue weighted by Gasteiger charge is -2.31. The van der Waals surface area contributed by atoms with E-state index >= 15 is 0 Å². The number of hydrogen-bond donors (Lipinski definition) is 1. The van der Waals surface area contributed by atoms with Gasteiger partial charge in [-0.2, -0.15) is 0 Å². The number of piperidine rings is 1. The molecule has 0 saturated carbocycles. The van der Waals surface area contributed by atoms with Gasteiger partial charge in [0.25, 0.3) is 11.8 Å². The highest BCUT2D eigenvalue weighted by molar-refractivity contribution is 7.99. The second-order valence-corrected chi connectivity index (χ2v) is 10.4. The highest BCUT2D eigenvalue weighted by Crippen LogP contribution is 2.32. The van der Waals surface area contributed by atoms with Crippen LogP contribution in [0.25, 0.3) is 0 Å². The summed E-state index contributed by atoms with van der Waals surface area (Å²) in [6.07, 6.45) is 5.05. The predicted octanol–water partition coefficient (Wildman–Crippen LogP) is 4.76. The quantitative estimate of drug-likeness (QED) is 0.272. The molecule has 2 amide bonds. The highest BCUT2D eigenvalue weighted by Gasteiger charge is 2.28. The van der Waals surface area contributed by atoms with E-state index in [1.807, 2.05) is 11.0 Å². The summed E-state index contributed by atoms with van der Waals surface area (Å²) >= 11 is 2.96. The summed E-state index contributed by atoms with van der Waals surface area (Å²) in [5, 5.41) is 6.19. The fourth-order valence-electron chi connectivity index (χ4n) is 4.27. The van der Waals surface area contributed by atoms with Crippen molar-refractivity contribution in [3.05, 3.63) is 82.0 Å². The summed E-state index contributed by atoms with van der Waals surface area (Å²) in [4.78, 5) is 48.5. The van der Waals surface area contributed by atoms with Gasteiger partial charge in [-0.3, -0.25) is 9.59 Å². The van der Waals surface area contributed by atoms with Gasteiger partial charge in [0.05, 0.1) is 16.1 Å². The first-order chi connectivity index (χ1) is 17.5. The Morgan fingerprint density at radius 3 is 2.92 bits per heavy atom. The van der Waals surface area contributed by atoms with Crippen molar-refractivity contribution < 1.29 is 19.1 Å². The first kappa shape index (κ1) is 24.2. The number of carbonyl (C=O) groups excluding carboxylic acids is 3. The maximum Gasteiger partial charge on any atom is 0.338 e. The predicted molar refractivity (Wildman–Crippen MR) is 139 cm³/mol. The minimum Gasteiger partial charge on any atom is -0.457 e. The van der Waals surface area contributed by atoms with Crippen LogP contribution in [0.4, 0.5) is 5.69 Å². The zero-order chi connectivity index (χ0) is 25.1. The number of thioether (sulfide) groups is 1. The third-order valence-corrected chi connectivity index (χ3v) is 8.18. The molecule has 0 aliphatic carbocycles. The lowest BCUT2D eigenvalue weighted by Crippen LogP contribution is -2.38. The van der Waals surface area contributed by atoms with Gasteiger partial charge in [-0.15, -0.1) is 29.7 Å². The van der Waals surface area contributed by atoms with Crippen LogP contribution in [0, 0.1) is 0 Å². The largest absolute Gasteiger partial charge is 0.457 e. The molecular formula is C26H24N4O4S2. The summed E-state index contributed by atoms with van der Waals surface area (Å²) in [5.74, 6) is 0.178. The van der Waals surface area contributed by atoms with Gasteiger partial charge in [-0.05, 0) is 37.1 Å². The molecule has 36 heavy (non-hydrogen) atoms. The summed E-state index contributed by atoms with van der Waals surface area (Å²) in [5.41, 5.74) is 2.78. The number of thiazole rings is 1. The molecule has 8 nitrogen and oxygen atoms in total. The number of carbonyl (C=O) groups is 3. The van der Waals surface area contributed by atoms with Crippen molar-refractivity contribution in [3.8, 4) is 0 Å². The molecule has 0 bridgehead atoms. The van der Waals surface area contributed by atoms with Crippen LogP contribution in [0.1, 0.15) is 60.5 Å². The van der Waals surface area contributed by atoms with Gasteiger partial charge < -0.3 is 15.0 Å². The summed E-state index contributed by atoms with van der Waals surface area (Å²) in [6.45, 7) is 5.24. The van der Waals surface area contributed by atoms with Crippen molar-refractivity contribution in [2.24, 2.45) is 0 Å². The zero-order valence-corrected chi connectivity index (χ0v) is 21.1. The Morgan fingerprint density at radius 1 is 1.28 bits per heavy atom. The first-order valence-electron chi connectivity index (χ1n) is 11.6. The average molecular weight is 521 g/mol. The third-order valence-electron chi connectivity index (χ3n) is 6.17. The molecule has 4 heterocycles. The standard InChI is InChI=1S/C26H24N4O4S2/c1-2-12-35-24-19(4-3-9-27-24)25(32)30-10-7-16(8-11-30)23-29-21(15-36-23)22(31)28-18-6-5-17-14-34-26(33)20(17)13-18/h2-6,9,13,15-16H,1,7-8,10-12,14H2,(H,28,31). The molecule has 184 valence electrons. The molecule has 0 atom stereocenters. The molecule has 2 aliphatic heterocycles. The van der Waals surface area contributed by atoms with Crippen molar-refractivity contribution in [2.75, 3.05) is 24.2 Å². The molecule has 0 radical (unpaired) electrons. The van der Waals surface area contributed by atoms with Crippen molar-refractivity contribution in [3.63, 3.8) is 0 Å². The van der Waals surface area contributed by atoms with E-state index in [-0.39, 0.29) is 30.3 Å². The zero-order valence-electron chi connectivity index (χ0n) is 19.4. The van der Waals surface area contributed by atoms with Crippen LogP contribution in [-0.4, -0.2) is 51.5 Å². The SMILES string of the molecule is C=CCSc1ncccc1C(=O)N1CCC(c2nc(C(=O)Nc3ccc4c(c3)C(=O)OC4)cs2)CC1. The third kappa shape index (κ3) is 5.05. The molecule has 0 spiro atoms. The number of nitrogens with zero attached hydrogens (tertiary/aromatic N) is 3. The normalized spacial score (nSPS) is 15.3. The summed E-state index contributed by atoms with van der Waals surface area (Å²) in [6, 6.07) is 8.77. The molecule has 1 aromatic carbocycles. The Hall–Kier alpha value is -3.50. The van der Waals surface area contributed by atoms with Crippen LogP contribution in [0.15, 0.2) is 59.6 Å². The summed E-state index contributed by atoms with van der Waals surface area (Å²) in [7, 11) is 0. The molecular weight excluding hydrogens is 496 g/mol. The lowest BCUT2D eigenvalue weighted by molar-refractivity contribution is 0.0534. The van der Waals surface area contributed by atoms with Gasteiger partial charge in [-0.25, -0.2) is 14.8 Å². The van der Waals surface area contributed by atoms with E-state index in [2.05, 4.69) is 21.9 Å². The van der Waals surface area contributed by atoms with Crippen molar-refractivity contribution in [1.29, 1.82) is 0 Å². The van der Waals surface area contributed by atoms with Crippen LogP contribution in [0.5, 0.6) is 0 Å². The number of fused-ring (bicyclic) bond motifs is 1. The number of aromatic nitrogens is 2. The van der Waals surface area contributed by atoms with Gasteiger partial charge in [-0.1, -0.05) is 12.1 Å². The van der Waals surface area contributed by atoms with Crippen molar-refractivity contribution in [1.82, 2.24) is 14.9 Å². The Morgan fingerprint density at radius 2 is 2.11 bits per heavy atom. The van der Waals surface area contributed by atoms with E-state index in [1.54, 1.807) is 41.9 Å². The highest BCUT2D eigenvalue weighted by atomic mass is 32.2. The Balaban J connectivity index is 1.19. The molecule has 2 aromatic heterocycles. The number of hydrogen-bond acceptors (Lipinski definition) is 8. The van der Waals surface area contributed by atoms with Gasteiger partial charge in [0.1, 0.15) is 17.3 Å². The second-order valence-electron chi connectivity index (χ2n) is 8.50.